The molecule has 0 radical (unpaired) electrons. The van der Waals surface area contributed by atoms with Crippen molar-refractivity contribution in [2.45, 2.75) is 57.5 Å². The summed E-state index contributed by atoms with van der Waals surface area (Å²) in [6.07, 6.45) is 5.22. The lowest BCUT2D eigenvalue weighted by Crippen LogP contribution is -2.53. The van der Waals surface area contributed by atoms with E-state index in [1.807, 2.05) is 0 Å². The first-order valence-electron chi connectivity index (χ1n) is 5.93. The molecule has 15 heavy (non-hydrogen) atoms. The summed E-state index contributed by atoms with van der Waals surface area (Å²) in [6.45, 7) is 4.66. The Morgan fingerprint density at radius 3 is 2.40 bits per heavy atom. The third kappa shape index (κ3) is 3.70. The van der Waals surface area contributed by atoms with Crippen LogP contribution in [0.1, 0.15) is 46.0 Å². The van der Waals surface area contributed by atoms with Crippen molar-refractivity contribution in [3.63, 3.8) is 0 Å². The number of nitrogens with one attached hydrogen (secondary N) is 2. The molecular formula is C11H23N3O. The summed E-state index contributed by atoms with van der Waals surface area (Å²) in [4.78, 5) is 11.4. The van der Waals surface area contributed by atoms with Crippen molar-refractivity contribution in [1.29, 1.82) is 0 Å². The molecule has 1 aliphatic rings. The van der Waals surface area contributed by atoms with Crippen molar-refractivity contribution in [3.8, 4) is 0 Å². The third-order valence-electron chi connectivity index (χ3n) is 3.45. The van der Waals surface area contributed by atoms with E-state index in [0.29, 0.717) is 12.6 Å². The molecule has 1 fully saturated rings. The molecule has 4 heteroatoms. The Morgan fingerprint density at radius 2 is 2.00 bits per heavy atom. The van der Waals surface area contributed by atoms with Crippen molar-refractivity contribution in [2.75, 3.05) is 6.54 Å². The van der Waals surface area contributed by atoms with Crippen molar-refractivity contribution in [1.82, 2.24) is 10.6 Å². The molecule has 0 saturated heterocycles. The maximum Gasteiger partial charge on any atom is 0.315 e. The lowest BCUT2D eigenvalue weighted by Gasteiger charge is -2.29. The van der Waals surface area contributed by atoms with Gasteiger partial charge in [0.2, 0.25) is 0 Å². The van der Waals surface area contributed by atoms with Gasteiger partial charge in [-0.3, -0.25) is 0 Å². The Kier molecular flexibility index (Phi) is 4.39. The maximum absolute atomic E-state index is 11.4. The molecule has 0 aromatic heterocycles. The zero-order valence-corrected chi connectivity index (χ0v) is 9.81. The number of nitrogens with two attached hydrogens (primary N) is 1. The number of hydrogen-bond acceptors (Lipinski definition) is 2. The summed E-state index contributed by atoms with van der Waals surface area (Å²) in [7, 11) is 0. The summed E-state index contributed by atoms with van der Waals surface area (Å²) < 4.78 is 0. The van der Waals surface area contributed by atoms with Gasteiger partial charge < -0.3 is 16.4 Å². The number of carbonyl (C=O) groups is 1. The van der Waals surface area contributed by atoms with Gasteiger partial charge in [-0.25, -0.2) is 4.79 Å². The standard InChI is InChI=1S/C11H23N3O/c1-3-11(12,4-2)8-13-10(15)14-9-6-5-7-9/h9H,3-8,12H2,1-2H3,(H2,13,14,15). The molecule has 0 heterocycles. The van der Waals surface area contributed by atoms with Crippen molar-refractivity contribution in [2.24, 2.45) is 5.73 Å². The molecule has 0 atom stereocenters. The van der Waals surface area contributed by atoms with Crippen LogP contribution >= 0.6 is 0 Å². The summed E-state index contributed by atoms with van der Waals surface area (Å²) in [6, 6.07) is 0.317. The molecule has 0 spiro atoms. The molecule has 0 bridgehead atoms. The summed E-state index contributed by atoms with van der Waals surface area (Å²) in [5.74, 6) is 0. The second kappa shape index (κ2) is 5.35. The van der Waals surface area contributed by atoms with Gasteiger partial charge in [0.25, 0.3) is 0 Å². The van der Waals surface area contributed by atoms with Crippen LogP contribution in [-0.2, 0) is 0 Å². The van der Waals surface area contributed by atoms with E-state index in [9.17, 15) is 4.79 Å². The lowest BCUT2D eigenvalue weighted by molar-refractivity contribution is 0.224. The van der Waals surface area contributed by atoms with Gasteiger partial charge in [-0.2, -0.15) is 0 Å². The highest BCUT2D eigenvalue weighted by molar-refractivity contribution is 5.74. The fourth-order valence-electron chi connectivity index (χ4n) is 1.55. The number of urea groups is 1. The van der Waals surface area contributed by atoms with E-state index in [0.717, 1.165) is 25.7 Å². The van der Waals surface area contributed by atoms with Crippen LogP contribution in [0.2, 0.25) is 0 Å². The van der Waals surface area contributed by atoms with Crippen molar-refractivity contribution in [3.05, 3.63) is 0 Å². The molecule has 4 N–H and O–H groups in total. The molecular weight excluding hydrogens is 190 g/mol. The molecule has 88 valence electrons. The highest BCUT2D eigenvalue weighted by atomic mass is 16.2. The van der Waals surface area contributed by atoms with E-state index < -0.39 is 0 Å². The van der Waals surface area contributed by atoms with Crippen LogP contribution in [0, 0.1) is 0 Å². The number of rotatable bonds is 5. The first kappa shape index (κ1) is 12.3. The zero-order chi connectivity index (χ0) is 11.3. The first-order valence-corrected chi connectivity index (χ1v) is 5.93. The third-order valence-corrected chi connectivity index (χ3v) is 3.45. The highest BCUT2D eigenvalue weighted by Crippen LogP contribution is 2.17. The number of hydrogen-bond donors (Lipinski definition) is 3. The second-order valence-corrected chi connectivity index (χ2v) is 4.52. The van der Waals surface area contributed by atoms with Gasteiger partial charge in [0.1, 0.15) is 0 Å². The van der Waals surface area contributed by atoms with E-state index in [2.05, 4.69) is 24.5 Å². The SMILES string of the molecule is CCC(N)(CC)CNC(=O)NC1CCC1. The average molecular weight is 213 g/mol. The monoisotopic (exact) mass is 213 g/mol. The van der Waals surface area contributed by atoms with E-state index in [1.165, 1.54) is 6.42 Å². The molecule has 0 aromatic rings. The Labute approximate surface area is 92.0 Å². The van der Waals surface area contributed by atoms with E-state index in [1.54, 1.807) is 0 Å². The summed E-state index contributed by atoms with van der Waals surface area (Å²) >= 11 is 0. The van der Waals surface area contributed by atoms with Crippen molar-refractivity contribution < 1.29 is 4.79 Å². The Morgan fingerprint density at radius 1 is 1.40 bits per heavy atom. The van der Waals surface area contributed by atoms with Gasteiger partial charge in [-0.15, -0.1) is 0 Å². The van der Waals surface area contributed by atoms with Gasteiger partial charge in [0.05, 0.1) is 0 Å². The zero-order valence-electron chi connectivity index (χ0n) is 9.81. The van der Waals surface area contributed by atoms with Gasteiger partial charge in [-0.1, -0.05) is 13.8 Å². The summed E-state index contributed by atoms with van der Waals surface area (Å²) in [5, 5.41) is 5.78. The molecule has 4 nitrogen and oxygen atoms in total. The first-order chi connectivity index (χ1) is 7.09. The predicted octanol–water partition coefficient (Wildman–Crippen LogP) is 1.36. The minimum absolute atomic E-state index is 0.0728. The predicted molar refractivity (Wildman–Crippen MR) is 61.7 cm³/mol. The van der Waals surface area contributed by atoms with E-state index in [4.69, 9.17) is 5.73 Å². The van der Waals surface area contributed by atoms with Crippen LogP contribution in [0.4, 0.5) is 4.79 Å². The fourth-order valence-corrected chi connectivity index (χ4v) is 1.55. The van der Waals surface area contributed by atoms with Crippen LogP contribution < -0.4 is 16.4 Å². The fraction of sp³-hybridized carbons (Fsp3) is 0.909. The molecule has 1 rings (SSSR count). The summed E-state index contributed by atoms with van der Waals surface area (Å²) in [5.41, 5.74) is 5.83. The molecule has 0 aliphatic heterocycles. The van der Waals surface area contributed by atoms with E-state index in [-0.39, 0.29) is 11.6 Å². The number of amides is 2. The van der Waals surface area contributed by atoms with Crippen molar-refractivity contribution >= 4 is 6.03 Å². The van der Waals surface area contributed by atoms with Crippen LogP contribution in [0.15, 0.2) is 0 Å². The Balaban J connectivity index is 2.19. The normalized spacial score (nSPS) is 17.0. The molecule has 1 saturated carbocycles. The topological polar surface area (TPSA) is 67.1 Å². The largest absolute Gasteiger partial charge is 0.336 e. The Hall–Kier alpha value is -0.770. The lowest BCUT2D eigenvalue weighted by atomic mass is 9.93. The second-order valence-electron chi connectivity index (χ2n) is 4.52. The van der Waals surface area contributed by atoms with Gasteiger partial charge in [-0.05, 0) is 32.1 Å². The average Bonchev–Trinajstić information content (AvgIpc) is 2.20. The van der Waals surface area contributed by atoms with Crippen LogP contribution in [0.3, 0.4) is 0 Å². The van der Waals surface area contributed by atoms with Gasteiger partial charge in [0.15, 0.2) is 0 Å². The van der Waals surface area contributed by atoms with Gasteiger partial charge >= 0.3 is 6.03 Å². The van der Waals surface area contributed by atoms with E-state index >= 15 is 0 Å². The smallest absolute Gasteiger partial charge is 0.315 e. The minimum Gasteiger partial charge on any atom is -0.336 e. The van der Waals surface area contributed by atoms with Crippen LogP contribution in [0.5, 0.6) is 0 Å². The molecule has 2 amide bonds. The highest BCUT2D eigenvalue weighted by Gasteiger charge is 2.23. The quantitative estimate of drug-likeness (QED) is 0.645. The Bertz CT molecular complexity index is 210. The maximum atomic E-state index is 11.4. The molecule has 1 aliphatic carbocycles. The molecule has 0 aromatic carbocycles. The van der Waals surface area contributed by atoms with Gasteiger partial charge in [0, 0.05) is 18.1 Å². The minimum atomic E-state index is -0.253. The van der Waals surface area contributed by atoms with Crippen LogP contribution in [-0.4, -0.2) is 24.2 Å². The molecule has 0 unspecified atom stereocenters. The number of carbonyl (C=O) groups excluding carboxylic acids is 1. The van der Waals surface area contributed by atoms with Crippen LogP contribution in [0.25, 0.3) is 0 Å².